The van der Waals surface area contributed by atoms with Gasteiger partial charge in [0.05, 0.1) is 26.4 Å². The molecule has 6 heteroatoms. The third-order valence-corrected chi connectivity index (χ3v) is 5.86. The van der Waals surface area contributed by atoms with E-state index in [9.17, 15) is 5.11 Å². The van der Waals surface area contributed by atoms with Gasteiger partial charge in [-0.2, -0.15) is 0 Å². The Kier molecular flexibility index (Phi) is 9.21. The fraction of sp³-hybridized carbons (Fsp3) is 0.357. The van der Waals surface area contributed by atoms with Gasteiger partial charge in [0, 0.05) is 7.11 Å². The molecule has 1 heterocycles. The first-order valence-corrected chi connectivity index (χ1v) is 11.5. The average Bonchev–Trinajstić information content (AvgIpc) is 2.91. The van der Waals surface area contributed by atoms with E-state index in [0.717, 1.165) is 16.7 Å². The Hall–Kier alpha value is -2.58. The minimum Gasteiger partial charge on any atom is -0.394 e. The topological polar surface area (TPSA) is 66.4 Å². The molecule has 0 saturated carbocycles. The average molecular weight is 465 g/mol. The molecule has 6 nitrogen and oxygen atoms in total. The van der Waals surface area contributed by atoms with Gasteiger partial charge in [0.2, 0.25) is 0 Å². The van der Waals surface area contributed by atoms with E-state index in [-0.39, 0.29) is 6.61 Å². The summed E-state index contributed by atoms with van der Waals surface area (Å²) in [6, 6.07) is 29.8. The molecule has 1 saturated heterocycles. The standard InChI is InChI=1S/C28H32O6/c1-30-28-27(33-20-23-15-9-4-10-16-23)26(32-19-22-13-7-3-8-14-22)25(24(17-29)34-28)31-18-21-11-5-2-6-12-21/h2-16,24-29H,17-20H2,1H3/t24-,25-,26-,27+,28?/m0/s1. The predicted molar refractivity (Wildman–Crippen MR) is 128 cm³/mol. The minimum absolute atomic E-state index is 0.226. The highest BCUT2D eigenvalue weighted by atomic mass is 16.7. The molecule has 0 amide bonds. The van der Waals surface area contributed by atoms with Crippen molar-refractivity contribution in [1.82, 2.24) is 0 Å². The van der Waals surface area contributed by atoms with Crippen molar-refractivity contribution in [3.8, 4) is 0 Å². The highest BCUT2D eigenvalue weighted by Gasteiger charge is 2.48. The molecule has 180 valence electrons. The Balaban J connectivity index is 1.56. The molecule has 3 aromatic carbocycles. The summed E-state index contributed by atoms with van der Waals surface area (Å²) in [4.78, 5) is 0. The van der Waals surface area contributed by atoms with Crippen LogP contribution in [0.5, 0.6) is 0 Å². The third-order valence-electron chi connectivity index (χ3n) is 5.86. The number of benzene rings is 3. The molecule has 1 unspecified atom stereocenters. The van der Waals surface area contributed by atoms with E-state index in [0.29, 0.717) is 19.8 Å². The summed E-state index contributed by atoms with van der Waals surface area (Å²) in [5, 5.41) is 10.1. The number of hydrogen-bond acceptors (Lipinski definition) is 6. The summed E-state index contributed by atoms with van der Waals surface area (Å²) in [6.07, 6.45) is -2.97. The van der Waals surface area contributed by atoms with Crippen LogP contribution in [0.3, 0.4) is 0 Å². The lowest BCUT2D eigenvalue weighted by molar-refractivity contribution is -0.321. The zero-order valence-corrected chi connectivity index (χ0v) is 19.4. The van der Waals surface area contributed by atoms with Crippen LogP contribution in [0.4, 0.5) is 0 Å². The van der Waals surface area contributed by atoms with Crippen molar-refractivity contribution in [1.29, 1.82) is 0 Å². The van der Waals surface area contributed by atoms with Gasteiger partial charge >= 0.3 is 0 Å². The second kappa shape index (κ2) is 12.8. The molecule has 0 aromatic heterocycles. The van der Waals surface area contributed by atoms with Gasteiger partial charge in [0.15, 0.2) is 6.29 Å². The predicted octanol–water partition coefficient (Wildman–Crippen LogP) is 4.11. The van der Waals surface area contributed by atoms with E-state index in [4.69, 9.17) is 23.7 Å². The van der Waals surface area contributed by atoms with Gasteiger partial charge in [-0.3, -0.25) is 0 Å². The van der Waals surface area contributed by atoms with Crippen LogP contribution in [0.1, 0.15) is 16.7 Å². The van der Waals surface area contributed by atoms with Crippen molar-refractivity contribution in [2.24, 2.45) is 0 Å². The maximum absolute atomic E-state index is 10.1. The van der Waals surface area contributed by atoms with Crippen LogP contribution in [0, 0.1) is 0 Å². The fourth-order valence-corrected chi connectivity index (χ4v) is 4.08. The van der Waals surface area contributed by atoms with Crippen LogP contribution in [0.2, 0.25) is 0 Å². The van der Waals surface area contributed by atoms with E-state index in [1.165, 1.54) is 0 Å². The normalized spacial score (nSPS) is 24.7. The highest BCUT2D eigenvalue weighted by Crippen LogP contribution is 2.30. The second-order valence-electron chi connectivity index (χ2n) is 8.24. The number of aliphatic hydroxyl groups excluding tert-OH is 1. The van der Waals surface area contributed by atoms with E-state index < -0.39 is 30.7 Å². The smallest absolute Gasteiger partial charge is 0.186 e. The van der Waals surface area contributed by atoms with Crippen LogP contribution in [-0.2, 0) is 43.5 Å². The van der Waals surface area contributed by atoms with Crippen molar-refractivity contribution in [2.75, 3.05) is 13.7 Å². The van der Waals surface area contributed by atoms with Gasteiger partial charge in [-0.05, 0) is 16.7 Å². The molecule has 0 aliphatic carbocycles. The Bertz CT molecular complexity index is 895. The van der Waals surface area contributed by atoms with Gasteiger partial charge in [-0.1, -0.05) is 91.0 Å². The van der Waals surface area contributed by atoms with Crippen LogP contribution >= 0.6 is 0 Å². The molecule has 5 atom stereocenters. The Morgan fingerprint density at radius 1 is 0.618 bits per heavy atom. The zero-order valence-electron chi connectivity index (χ0n) is 19.4. The first-order chi connectivity index (χ1) is 16.8. The van der Waals surface area contributed by atoms with Crippen molar-refractivity contribution < 1.29 is 28.8 Å². The van der Waals surface area contributed by atoms with E-state index >= 15 is 0 Å². The zero-order chi connectivity index (χ0) is 23.6. The van der Waals surface area contributed by atoms with Crippen LogP contribution in [0.15, 0.2) is 91.0 Å². The van der Waals surface area contributed by atoms with Gasteiger partial charge in [-0.25, -0.2) is 0 Å². The first kappa shape index (κ1) is 24.5. The molecular formula is C28H32O6. The Morgan fingerprint density at radius 3 is 1.44 bits per heavy atom. The number of methoxy groups -OCH3 is 1. The molecule has 0 bridgehead atoms. The molecule has 1 aliphatic rings. The van der Waals surface area contributed by atoms with Crippen LogP contribution in [-0.4, -0.2) is 49.5 Å². The molecule has 3 aromatic rings. The Morgan fingerprint density at radius 2 is 1.03 bits per heavy atom. The molecule has 1 aliphatic heterocycles. The molecule has 34 heavy (non-hydrogen) atoms. The molecule has 0 radical (unpaired) electrons. The monoisotopic (exact) mass is 464 g/mol. The van der Waals surface area contributed by atoms with Crippen LogP contribution < -0.4 is 0 Å². The summed E-state index contributed by atoms with van der Waals surface area (Å²) >= 11 is 0. The maximum atomic E-state index is 10.1. The SMILES string of the molecule is COC1O[C@@H](CO)[C@H](OCc2ccccc2)[C@H](OCc2ccccc2)[C@H]1OCc1ccccc1. The van der Waals surface area contributed by atoms with Gasteiger partial charge in [-0.15, -0.1) is 0 Å². The molecule has 0 spiro atoms. The molecule has 1 N–H and O–H groups in total. The first-order valence-electron chi connectivity index (χ1n) is 11.5. The fourth-order valence-electron chi connectivity index (χ4n) is 4.08. The number of hydrogen-bond donors (Lipinski definition) is 1. The van der Waals surface area contributed by atoms with Crippen molar-refractivity contribution in [3.05, 3.63) is 108 Å². The van der Waals surface area contributed by atoms with E-state index in [1.54, 1.807) is 7.11 Å². The van der Waals surface area contributed by atoms with E-state index in [2.05, 4.69) is 0 Å². The largest absolute Gasteiger partial charge is 0.394 e. The van der Waals surface area contributed by atoms with E-state index in [1.807, 2.05) is 91.0 Å². The summed E-state index contributed by atoms with van der Waals surface area (Å²) in [6.45, 7) is 0.876. The number of aliphatic hydroxyl groups is 1. The van der Waals surface area contributed by atoms with Crippen molar-refractivity contribution >= 4 is 0 Å². The van der Waals surface area contributed by atoms with Crippen LogP contribution in [0.25, 0.3) is 0 Å². The lowest BCUT2D eigenvalue weighted by Crippen LogP contribution is -2.61. The summed E-state index contributed by atoms with van der Waals surface area (Å²) < 4.78 is 30.7. The second-order valence-corrected chi connectivity index (χ2v) is 8.24. The molecular weight excluding hydrogens is 432 g/mol. The molecule has 4 rings (SSSR count). The number of rotatable bonds is 11. The Labute approximate surface area is 201 Å². The summed E-state index contributed by atoms with van der Waals surface area (Å²) in [5.74, 6) is 0. The van der Waals surface area contributed by atoms with Gasteiger partial charge in [0.1, 0.15) is 24.4 Å². The van der Waals surface area contributed by atoms with Crippen molar-refractivity contribution in [3.63, 3.8) is 0 Å². The highest BCUT2D eigenvalue weighted by molar-refractivity contribution is 5.15. The van der Waals surface area contributed by atoms with Crippen molar-refractivity contribution in [2.45, 2.75) is 50.5 Å². The van der Waals surface area contributed by atoms with Gasteiger partial charge in [0.25, 0.3) is 0 Å². The quantitative estimate of drug-likeness (QED) is 0.461. The third kappa shape index (κ3) is 6.51. The van der Waals surface area contributed by atoms with Gasteiger partial charge < -0.3 is 28.8 Å². The molecule has 1 fully saturated rings. The maximum Gasteiger partial charge on any atom is 0.186 e. The summed E-state index contributed by atoms with van der Waals surface area (Å²) in [5.41, 5.74) is 3.09. The lowest BCUT2D eigenvalue weighted by Gasteiger charge is -2.45. The summed E-state index contributed by atoms with van der Waals surface area (Å²) in [7, 11) is 1.57. The minimum atomic E-state index is -0.710. The number of ether oxygens (including phenoxy) is 5. The lowest BCUT2D eigenvalue weighted by atomic mass is 9.98.